The topological polar surface area (TPSA) is 128 Å². The summed E-state index contributed by atoms with van der Waals surface area (Å²) in [4.78, 5) is 23.2. The summed E-state index contributed by atoms with van der Waals surface area (Å²) in [6.07, 6.45) is 0. The molecular formula is C12H19N5O3. The molecule has 5 N–H and O–H groups in total. The molecule has 1 rings (SSSR count). The van der Waals surface area contributed by atoms with Crippen molar-refractivity contribution in [1.29, 1.82) is 0 Å². The number of amides is 1. The van der Waals surface area contributed by atoms with Crippen molar-refractivity contribution in [3.8, 4) is 0 Å². The Bertz CT molecular complexity index is 504. The van der Waals surface area contributed by atoms with Crippen molar-refractivity contribution in [2.75, 3.05) is 12.0 Å². The highest BCUT2D eigenvalue weighted by Crippen LogP contribution is 2.23. The second-order valence-electron chi connectivity index (χ2n) is 4.71. The van der Waals surface area contributed by atoms with Crippen LogP contribution in [0.25, 0.3) is 0 Å². The van der Waals surface area contributed by atoms with E-state index in [0.29, 0.717) is 17.8 Å². The number of nitrogen functional groups attached to an aromatic ring is 1. The Labute approximate surface area is 116 Å². The van der Waals surface area contributed by atoms with Crippen LogP contribution in [0.15, 0.2) is 18.2 Å². The van der Waals surface area contributed by atoms with E-state index in [-0.39, 0.29) is 18.3 Å². The first-order valence-corrected chi connectivity index (χ1v) is 6.11. The molecule has 0 saturated carbocycles. The summed E-state index contributed by atoms with van der Waals surface area (Å²) < 4.78 is 0. The van der Waals surface area contributed by atoms with Crippen LogP contribution in [0.4, 0.5) is 11.4 Å². The van der Waals surface area contributed by atoms with Crippen LogP contribution in [0.5, 0.6) is 0 Å². The zero-order chi connectivity index (χ0) is 15.3. The van der Waals surface area contributed by atoms with Gasteiger partial charge in [-0.2, -0.15) is 0 Å². The van der Waals surface area contributed by atoms with Crippen molar-refractivity contribution in [2.24, 2.45) is 11.6 Å². The number of nitrogens with two attached hydrogens (primary N) is 2. The van der Waals surface area contributed by atoms with E-state index in [2.05, 4.69) is 5.43 Å². The molecule has 1 aromatic carbocycles. The van der Waals surface area contributed by atoms with E-state index in [1.165, 1.54) is 18.2 Å². The highest BCUT2D eigenvalue weighted by atomic mass is 16.6. The minimum atomic E-state index is -0.475. The number of primary amides is 1. The van der Waals surface area contributed by atoms with Crippen molar-refractivity contribution < 1.29 is 9.72 Å². The second-order valence-corrected chi connectivity index (χ2v) is 4.71. The van der Waals surface area contributed by atoms with Crippen LogP contribution in [0.2, 0.25) is 0 Å². The molecule has 0 aliphatic heterocycles. The fraction of sp³-hybridized carbons (Fsp3) is 0.417. The van der Waals surface area contributed by atoms with Crippen LogP contribution in [0, 0.1) is 10.1 Å². The summed E-state index contributed by atoms with van der Waals surface area (Å²) in [5.74, 6) is 4.95. The first-order chi connectivity index (χ1) is 9.35. The van der Waals surface area contributed by atoms with Crippen molar-refractivity contribution in [2.45, 2.75) is 26.4 Å². The zero-order valence-corrected chi connectivity index (χ0v) is 11.5. The fourth-order valence-corrected chi connectivity index (χ4v) is 1.81. The molecule has 0 bridgehead atoms. The Kier molecular flexibility index (Phi) is 5.42. The normalized spacial score (nSPS) is 10.8. The maximum absolute atomic E-state index is 11.1. The maximum atomic E-state index is 11.1. The number of nitrogens with one attached hydrogen (secondary N) is 1. The molecule has 0 fully saturated rings. The minimum absolute atomic E-state index is 0.0261. The first kappa shape index (κ1) is 15.9. The molecule has 0 saturated heterocycles. The highest BCUT2D eigenvalue weighted by Gasteiger charge is 2.17. The number of carbonyl (C=O) groups is 1. The van der Waals surface area contributed by atoms with E-state index >= 15 is 0 Å². The molecule has 8 heteroatoms. The molecule has 0 heterocycles. The molecule has 110 valence electrons. The number of benzene rings is 1. The number of non-ortho nitro benzene ring substituents is 1. The number of rotatable bonds is 7. The van der Waals surface area contributed by atoms with E-state index in [0.717, 1.165) is 0 Å². The van der Waals surface area contributed by atoms with Crippen LogP contribution >= 0.6 is 0 Å². The smallest absolute Gasteiger partial charge is 0.269 e. The average molecular weight is 281 g/mol. The summed E-state index contributed by atoms with van der Waals surface area (Å²) in [6, 6.07) is 4.40. The molecule has 0 atom stereocenters. The van der Waals surface area contributed by atoms with Crippen LogP contribution in [-0.4, -0.2) is 28.3 Å². The SMILES string of the molecule is CC(C)N(CC(N)=O)Cc1cc([N+](=O)[O-])ccc1NN. The van der Waals surface area contributed by atoms with Gasteiger partial charge in [0.1, 0.15) is 0 Å². The molecule has 8 nitrogen and oxygen atoms in total. The standard InChI is InChI=1S/C12H19N5O3/c1-8(2)16(7-12(13)18)6-9-5-10(17(19)20)3-4-11(9)15-14/h3-5,8,15H,6-7,14H2,1-2H3,(H2,13,18). The molecule has 0 radical (unpaired) electrons. The van der Waals surface area contributed by atoms with Gasteiger partial charge in [-0.25, -0.2) is 0 Å². The minimum Gasteiger partial charge on any atom is -0.369 e. The third-order valence-electron chi connectivity index (χ3n) is 2.92. The summed E-state index contributed by atoms with van der Waals surface area (Å²) in [7, 11) is 0. The third-order valence-corrected chi connectivity index (χ3v) is 2.92. The summed E-state index contributed by atoms with van der Waals surface area (Å²) in [5.41, 5.74) is 8.88. The Morgan fingerprint density at radius 3 is 2.60 bits per heavy atom. The lowest BCUT2D eigenvalue weighted by atomic mass is 10.1. The van der Waals surface area contributed by atoms with Gasteiger partial charge in [0, 0.05) is 24.7 Å². The molecule has 20 heavy (non-hydrogen) atoms. The lowest BCUT2D eigenvalue weighted by molar-refractivity contribution is -0.384. The predicted octanol–water partition coefficient (Wildman–Crippen LogP) is 0.576. The maximum Gasteiger partial charge on any atom is 0.269 e. The number of hydrazine groups is 1. The quantitative estimate of drug-likeness (QED) is 0.381. The predicted molar refractivity (Wildman–Crippen MR) is 75.6 cm³/mol. The lowest BCUT2D eigenvalue weighted by Crippen LogP contribution is -2.38. The molecule has 0 aliphatic rings. The van der Waals surface area contributed by atoms with Crippen molar-refractivity contribution in [3.05, 3.63) is 33.9 Å². The number of hydrogen-bond acceptors (Lipinski definition) is 6. The Morgan fingerprint density at radius 1 is 1.50 bits per heavy atom. The van der Waals surface area contributed by atoms with Gasteiger partial charge in [-0.05, 0) is 25.5 Å². The molecule has 1 amide bonds. The summed E-state index contributed by atoms with van der Waals surface area (Å²) >= 11 is 0. The fourth-order valence-electron chi connectivity index (χ4n) is 1.81. The van der Waals surface area contributed by atoms with Gasteiger partial charge in [0.25, 0.3) is 5.69 Å². The number of nitrogens with zero attached hydrogens (tertiary/aromatic N) is 2. The van der Waals surface area contributed by atoms with E-state index in [1.807, 2.05) is 18.7 Å². The highest BCUT2D eigenvalue weighted by molar-refractivity contribution is 5.76. The van der Waals surface area contributed by atoms with Gasteiger partial charge in [0.05, 0.1) is 17.2 Å². The largest absolute Gasteiger partial charge is 0.369 e. The molecule has 1 aromatic rings. The number of hydrogen-bond donors (Lipinski definition) is 3. The van der Waals surface area contributed by atoms with Crippen molar-refractivity contribution in [3.63, 3.8) is 0 Å². The Hall–Kier alpha value is -2.19. The number of nitro groups is 1. The average Bonchev–Trinajstić information content (AvgIpc) is 2.37. The first-order valence-electron chi connectivity index (χ1n) is 6.11. The van der Waals surface area contributed by atoms with Crippen LogP contribution in [0.3, 0.4) is 0 Å². The molecule has 0 aliphatic carbocycles. The molecule has 0 aromatic heterocycles. The number of anilines is 1. The van der Waals surface area contributed by atoms with Gasteiger partial charge < -0.3 is 11.2 Å². The van der Waals surface area contributed by atoms with Crippen molar-refractivity contribution in [1.82, 2.24) is 4.90 Å². The van der Waals surface area contributed by atoms with E-state index < -0.39 is 10.8 Å². The van der Waals surface area contributed by atoms with Gasteiger partial charge in [-0.3, -0.25) is 25.7 Å². The number of carbonyl (C=O) groups excluding carboxylic acids is 1. The lowest BCUT2D eigenvalue weighted by Gasteiger charge is -2.25. The zero-order valence-electron chi connectivity index (χ0n) is 11.5. The van der Waals surface area contributed by atoms with E-state index in [4.69, 9.17) is 11.6 Å². The van der Waals surface area contributed by atoms with Gasteiger partial charge in [0.15, 0.2) is 0 Å². The molecular weight excluding hydrogens is 262 g/mol. The van der Waals surface area contributed by atoms with E-state index in [9.17, 15) is 14.9 Å². The Balaban J connectivity index is 3.05. The van der Waals surface area contributed by atoms with Crippen LogP contribution in [-0.2, 0) is 11.3 Å². The monoisotopic (exact) mass is 281 g/mol. The van der Waals surface area contributed by atoms with Crippen molar-refractivity contribution >= 4 is 17.3 Å². The second kappa shape index (κ2) is 6.83. The molecule has 0 spiro atoms. The third kappa shape index (κ3) is 4.18. The van der Waals surface area contributed by atoms with Gasteiger partial charge in [-0.1, -0.05) is 0 Å². The summed E-state index contributed by atoms with van der Waals surface area (Å²) in [5, 5.41) is 10.8. The van der Waals surface area contributed by atoms with Crippen LogP contribution in [0.1, 0.15) is 19.4 Å². The van der Waals surface area contributed by atoms with Gasteiger partial charge in [-0.15, -0.1) is 0 Å². The number of nitro benzene ring substituents is 1. The van der Waals surface area contributed by atoms with E-state index in [1.54, 1.807) is 0 Å². The summed E-state index contributed by atoms with van der Waals surface area (Å²) in [6.45, 7) is 4.23. The van der Waals surface area contributed by atoms with Gasteiger partial charge >= 0.3 is 0 Å². The Morgan fingerprint density at radius 2 is 2.15 bits per heavy atom. The molecule has 0 unspecified atom stereocenters. The van der Waals surface area contributed by atoms with Crippen LogP contribution < -0.4 is 17.0 Å². The van der Waals surface area contributed by atoms with Gasteiger partial charge in [0.2, 0.25) is 5.91 Å².